The van der Waals surface area contributed by atoms with Crippen LogP contribution in [0, 0.1) is 5.92 Å². The monoisotopic (exact) mass is 443 g/mol. The van der Waals surface area contributed by atoms with Crippen LogP contribution in [0.4, 0.5) is 0 Å². The molecule has 1 rings (SSSR count). The van der Waals surface area contributed by atoms with Gasteiger partial charge in [-0.3, -0.25) is 14.4 Å². The van der Waals surface area contributed by atoms with Gasteiger partial charge >= 0.3 is 5.97 Å². The molecule has 11 nitrogen and oxygen atoms in total. The Balaban J connectivity index is 2.99. The second kappa shape index (κ2) is 13.2. The van der Waals surface area contributed by atoms with Crippen molar-refractivity contribution in [3.63, 3.8) is 0 Å². The lowest BCUT2D eigenvalue weighted by Gasteiger charge is -2.31. The van der Waals surface area contributed by atoms with E-state index in [4.69, 9.17) is 16.6 Å². The lowest BCUT2D eigenvalue weighted by molar-refractivity contribution is -0.150. The molecule has 31 heavy (non-hydrogen) atoms. The van der Waals surface area contributed by atoms with Crippen LogP contribution in [-0.2, 0) is 19.2 Å². The van der Waals surface area contributed by atoms with Crippen molar-refractivity contribution >= 4 is 23.7 Å². The van der Waals surface area contributed by atoms with Crippen LogP contribution in [0.5, 0.6) is 0 Å². The summed E-state index contributed by atoms with van der Waals surface area (Å²) >= 11 is 0. The third-order valence-electron chi connectivity index (χ3n) is 5.71. The predicted molar refractivity (Wildman–Crippen MR) is 114 cm³/mol. The third kappa shape index (κ3) is 7.75. The molecule has 0 bridgehead atoms. The number of carboxylic acid groups (broad SMARTS) is 1. The van der Waals surface area contributed by atoms with E-state index in [0.29, 0.717) is 45.2 Å². The highest BCUT2D eigenvalue weighted by atomic mass is 16.4. The summed E-state index contributed by atoms with van der Waals surface area (Å²) in [5.74, 6) is -2.98. The Morgan fingerprint density at radius 1 is 1.16 bits per heavy atom. The zero-order chi connectivity index (χ0) is 23.6. The number of likely N-dealkylation sites (tertiary alicyclic amines) is 1. The minimum atomic E-state index is -1.17. The molecule has 1 fully saturated rings. The summed E-state index contributed by atoms with van der Waals surface area (Å²) in [5, 5.41) is 23.7. The van der Waals surface area contributed by atoms with E-state index in [2.05, 4.69) is 10.6 Å². The van der Waals surface area contributed by atoms with Crippen molar-refractivity contribution < 1.29 is 29.4 Å². The van der Waals surface area contributed by atoms with Gasteiger partial charge in [-0.2, -0.15) is 0 Å². The highest BCUT2D eigenvalue weighted by molar-refractivity contribution is 5.94. The molecule has 1 saturated heterocycles. The van der Waals surface area contributed by atoms with Gasteiger partial charge in [0.2, 0.25) is 17.7 Å². The topological polar surface area (TPSA) is 188 Å². The fourth-order valence-electron chi connectivity index (χ4n) is 3.53. The second-order valence-electron chi connectivity index (χ2n) is 8.03. The largest absolute Gasteiger partial charge is 0.480 e. The van der Waals surface area contributed by atoms with E-state index >= 15 is 0 Å². The number of hydrogen-bond donors (Lipinski definition) is 6. The van der Waals surface area contributed by atoms with E-state index in [1.54, 1.807) is 6.92 Å². The number of nitrogens with one attached hydrogen (secondary N) is 2. The molecule has 0 aromatic heterocycles. The fraction of sp³-hybridized carbons (Fsp3) is 0.800. The quantitative estimate of drug-likeness (QED) is 0.186. The van der Waals surface area contributed by atoms with E-state index in [-0.39, 0.29) is 12.3 Å². The van der Waals surface area contributed by atoms with Crippen LogP contribution in [0.3, 0.4) is 0 Å². The maximum absolute atomic E-state index is 13.1. The fourth-order valence-corrected chi connectivity index (χ4v) is 3.53. The minimum absolute atomic E-state index is 0.244. The summed E-state index contributed by atoms with van der Waals surface area (Å²) in [6.07, 6.45) is 3.04. The number of aliphatic carboxylic acids is 1. The standard InChI is InChI=1S/C20H37N5O6/c1-3-12(2)16(19(29)25-10-6-8-15(25)20(30)31)24-18(28)14(7-4-5-9-21)23-17(27)13(22)11-26/h12-16,26H,3-11,21-22H2,1-2H3,(H,23,27)(H,24,28)(H,30,31). The first-order valence-corrected chi connectivity index (χ1v) is 10.9. The van der Waals surface area contributed by atoms with Crippen molar-refractivity contribution in [1.82, 2.24) is 15.5 Å². The number of hydrogen-bond acceptors (Lipinski definition) is 7. The smallest absolute Gasteiger partial charge is 0.326 e. The van der Waals surface area contributed by atoms with Gasteiger partial charge in [-0.1, -0.05) is 20.3 Å². The number of aliphatic hydroxyl groups excluding tert-OH is 1. The Hall–Kier alpha value is -2.24. The molecule has 0 aromatic carbocycles. The van der Waals surface area contributed by atoms with E-state index in [1.165, 1.54) is 4.90 Å². The Bertz CT molecular complexity index is 631. The predicted octanol–water partition coefficient (Wildman–Crippen LogP) is -1.47. The lowest BCUT2D eigenvalue weighted by Crippen LogP contribution is -2.59. The van der Waals surface area contributed by atoms with Crippen LogP contribution in [-0.4, -0.2) is 82.7 Å². The zero-order valence-electron chi connectivity index (χ0n) is 18.4. The molecule has 0 saturated carbocycles. The number of carbonyl (C=O) groups is 4. The van der Waals surface area contributed by atoms with Crippen LogP contribution in [0.15, 0.2) is 0 Å². The van der Waals surface area contributed by atoms with Gasteiger partial charge in [0.1, 0.15) is 24.2 Å². The zero-order valence-corrected chi connectivity index (χ0v) is 18.4. The van der Waals surface area contributed by atoms with Crippen molar-refractivity contribution in [2.45, 2.75) is 76.5 Å². The Kier molecular flexibility index (Phi) is 11.4. The summed E-state index contributed by atoms with van der Waals surface area (Å²) < 4.78 is 0. The van der Waals surface area contributed by atoms with Gasteiger partial charge in [-0.25, -0.2) is 4.79 Å². The summed E-state index contributed by atoms with van der Waals surface area (Å²) in [7, 11) is 0. The number of carbonyl (C=O) groups excluding carboxylic acids is 3. The van der Waals surface area contributed by atoms with Gasteiger partial charge in [0.15, 0.2) is 0 Å². The Morgan fingerprint density at radius 3 is 2.39 bits per heavy atom. The molecule has 0 aromatic rings. The molecule has 5 atom stereocenters. The molecule has 0 radical (unpaired) electrons. The van der Waals surface area contributed by atoms with E-state index in [0.717, 1.165) is 0 Å². The van der Waals surface area contributed by atoms with Gasteiger partial charge in [0, 0.05) is 6.54 Å². The highest BCUT2D eigenvalue weighted by Crippen LogP contribution is 2.21. The number of nitrogens with two attached hydrogens (primary N) is 2. The summed E-state index contributed by atoms with van der Waals surface area (Å²) in [6, 6.07) is -3.95. The normalized spacial score (nSPS) is 19.9. The van der Waals surface area contributed by atoms with Crippen molar-refractivity contribution in [3.8, 4) is 0 Å². The Morgan fingerprint density at radius 2 is 1.84 bits per heavy atom. The van der Waals surface area contributed by atoms with Gasteiger partial charge in [0.25, 0.3) is 0 Å². The molecule has 1 aliphatic rings. The lowest BCUT2D eigenvalue weighted by atomic mass is 9.96. The van der Waals surface area contributed by atoms with E-state index < -0.39 is 54.5 Å². The summed E-state index contributed by atoms with van der Waals surface area (Å²) in [6.45, 7) is 3.86. The highest BCUT2D eigenvalue weighted by Gasteiger charge is 2.39. The Labute approximate surface area is 182 Å². The van der Waals surface area contributed by atoms with Crippen molar-refractivity contribution in [3.05, 3.63) is 0 Å². The molecule has 1 aliphatic heterocycles. The van der Waals surface area contributed by atoms with Crippen molar-refractivity contribution in [1.29, 1.82) is 0 Å². The van der Waals surface area contributed by atoms with Crippen LogP contribution in [0.25, 0.3) is 0 Å². The first-order valence-electron chi connectivity index (χ1n) is 10.9. The SMILES string of the molecule is CCC(C)C(NC(=O)C(CCCCN)NC(=O)C(N)CO)C(=O)N1CCCC1C(=O)O. The molecule has 1 heterocycles. The molecule has 0 aliphatic carbocycles. The molecular formula is C20H37N5O6. The van der Waals surface area contributed by atoms with Crippen LogP contribution < -0.4 is 22.1 Å². The minimum Gasteiger partial charge on any atom is -0.480 e. The van der Waals surface area contributed by atoms with Crippen LogP contribution in [0.1, 0.15) is 52.4 Å². The summed E-state index contributed by atoms with van der Waals surface area (Å²) in [4.78, 5) is 51.1. The first-order chi connectivity index (χ1) is 14.7. The summed E-state index contributed by atoms with van der Waals surface area (Å²) in [5.41, 5.74) is 11.0. The average molecular weight is 444 g/mol. The molecule has 11 heteroatoms. The van der Waals surface area contributed by atoms with Crippen molar-refractivity contribution in [2.24, 2.45) is 17.4 Å². The third-order valence-corrected chi connectivity index (χ3v) is 5.71. The number of unbranched alkanes of at least 4 members (excludes halogenated alkanes) is 1. The van der Waals surface area contributed by atoms with Crippen molar-refractivity contribution in [2.75, 3.05) is 19.7 Å². The van der Waals surface area contributed by atoms with Gasteiger partial charge in [-0.15, -0.1) is 0 Å². The molecule has 5 unspecified atom stereocenters. The molecule has 178 valence electrons. The number of aliphatic hydroxyl groups is 1. The molecule has 0 spiro atoms. The number of rotatable bonds is 13. The number of carboxylic acids is 1. The van der Waals surface area contributed by atoms with Gasteiger partial charge in [-0.05, 0) is 44.6 Å². The van der Waals surface area contributed by atoms with Crippen LogP contribution in [0.2, 0.25) is 0 Å². The molecular weight excluding hydrogens is 406 g/mol. The molecule has 3 amide bonds. The maximum Gasteiger partial charge on any atom is 0.326 e. The van der Waals surface area contributed by atoms with Gasteiger partial charge in [0.05, 0.1) is 6.61 Å². The number of amides is 3. The second-order valence-corrected chi connectivity index (χ2v) is 8.03. The van der Waals surface area contributed by atoms with Crippen LogP contribution >= 0.6 is 0 Å². The maximum atomic E-state index is 13.1. The number of nitrogens with zero attached hydrogens (tertiary/aromatic N) is 1. The van der Waals surface area contributed by atoms with E-state index in [9.17, 15) is 24.3 Å². The van der Waals surface area contributed by atoms with Gasteiger partial charge < -0.3 is 37.2 Å². The first kappa shape index (κ1) is 26.8. The van der Waals surface area contributed by atoms with E-state index in [1.807, 2.05) is 6.92 Å². The average Bonchev–Trinajstić information content (AvgIpc) is 3.25. The molecule has 8 N–H and O–H groups in total.